The summed E-state index contributed by atoms with van der Waals surface area (Å²) in [4.78, 5) is 9.00. The highest BCUT2D eigenvalue weighted by Crippen LogP contribution is 2.08. The first kappa shape index (κ1) is 12.5. The predicted octanol–water partition coefficient (Wildman–Crippen LogP) is 1.71. The Morgan fingerprint density at radius 1 is 1.43 bits per heavy atom. The number of hydrogen-bond donors (Lipinski definition) is 3. The van der Waals surface area contributed by atoms with E-state index in [0.717, 1.165) is 6.92 Å². The van der Waals surface area contributed by atoms with Crippen molar-refractivity contribution in [3.05, 3.63) is 34.9 Å². The molecule has 0 aliphatic heterocycles. The maximum atomic E-state index is 9.00. The molecular formula is C9H11ClN2O2. The van der Waals surface area contributed by atoms with Crippen LogP contribution in [-0.4, -0.2) is 16.9 Å². The van der Waals surface area contributed by atoms with Gasteiger partial charge in [-0.1, -0.05) is 11.6 Å². The number of benzene rings is 1. The minimum absolute atomic E-state index is 0.0664. The topological polar surface area (TPSA) is 87.2 Å². The largest absolute Gasteiger partial charge is 0.481 e. The molecule has 0 bridgehead atoms. The molecule has 0 amide bonds. The van der Waals surface area contributed by atoms with E-state index in [1.165, 1.54) is 0 Å². The fraction of sp³-hybridized carbons (Fsp3) is 0.111. The highest BCUT2D eigenvalue weighted by atomic mass is 35.5. The summed E-state index contributed by atoms with van der Waals surface area (Å²) >= 11 is 5.61. The third-order valence-corrected chi connectivity index (χ3v) is 1.41. The fourth-order valence-electron chi connectivity index (χ4n) is 0.629. The van der Waals surface area contributed by atoms with Crippen molar-refractivity contribution in [3.63, 3.8) is 0 Å². The van der Waals surface area contributed by atoms with Crippen molar-refractivity contribution in [3.8, 4) is 0 Å². The molecule has 4 nitrogen and oxygen atoms in total. The van der Waals surface area contributed by atoms with E-state index in [1.54, 1.807) is 24.3 Å². The number of hydrogen-bond acceptors (Lipinski definition) is 2. The smallest absolute Gasteiger partial charge is 0.300 e. The van der Waals surface area contributed by atoms with Crippen LogP contribution in [0.5, 0.6) is 0 Å². The Morgan fingerprint density at radius 3 is 2.07 bits per heavy atom. The molecule has 0 atom stereocenters. The van der Waals surface area contributed by atoms with Gasteiger partial charge >= 0.3 is 0 Å². The second-order valence-corrected chi connectivity index (χ2v) is 2.88. The fourth-order valence-corrected chi connectivity index (χ4v) is 0.755. The Morgan fingerprint density at radius 2 is 1.79 bits per heavy atom. The minimum atomic E-state index is -0.833. The van der Waals surface area contributed by atoms with Gasteiger partial charge in [0.2, 0.25) is 0 Å². The molecule has 0 heterocycles. The molecule has 0 aromatic heterocycles. The van der Waals surface area contributed by atoms with Gasteiger partial charge in [-0.2, -0.15) is 0 Å². The summed E-state index contributed by atoms with van der Waals surface area (Å²) in [5.74, 6) is -0.767. The highest BCUT2D eigenvalue weighted by molar-refractivity contribution is 6.30. The van der Waals surface area contributed by atoms with Crippen LogP contribution in [0.25, 0.3) is 0 Å². The molecule has 0 saturated carbocycles. The normalized spacial score (nSPS) is 8.43. The lowest BCUT2D eigenvalue weighted by atomic mass is 10.2. The van der Waals surface area contributed by atoms with Crippen LogP contribution in [0, 0.1) is 5.41 Å². The molecule has 4 N–H and O–H groups in total. The van der Waals surface area contributed by atoms with Gasteiger partial charge in [-0.25, -0.2) is 0 Å². The summed E-state index contributed by atoms with van der Waals surface area (Å²) in [6.45, 7) is 1.08. The Hall–Kier alpha value is -1.55. The summed E-state index contributed by atoms with van der Waals surface area (Å²) in [6, 6.07) is 6.84. The van der Waals surface area contributed by atoms with Crippen LogP contribution in [0.2, 0.25) is 5.02 Å². The van der Waals surface area contributed by atoms with Crippen LogP contribution in [0.4, 0.5) is 0 Å². The molecule has 0 spiro atoms. The maximum Gasteiger partial charge on any atom is 0.300 e. The number of nitrogen functional groups attached to an aromatic ring is 1. The molecular weight excluding hydrogens is 204 g/mol. The van der Waals surface area contributed by atoms with Gasteiger partial charge < -0.3 is 10.8 Å². The van der Waals surface area contributed by atoms with Crippen molar-refractivity contribution in [1.82, 2.24) is 0 Å². The van der Waals surface area contributed by atoms with E-state index in [9.17, 15) is 0 Å². The van der Waals surface area contributed by atoms with Gasteiger partial charge in [0.05, 0.1) is 0 Å². The lowest BCUT2D eigenvalue weighted by molar-refractivity contribution is -0.134. The number of nitrogens with two attached hydrogens (primary N) is 1. The molecule has 0 fully saturated rings. The van der Waals surface area contributed by atoms with Crippen LogP contribution < -0.4 is 5.73 Å². The molecule has 76 valence electrons. The molecule has 0 aliphatic rings. The third-order valence-electron chi connectivity index (χ3n) is 1.16. The van der Waals surface area contributed by atoms with Crippen LogP contribution >= 0.6 is 11.6 Å². The molecule has 0 unspecified atom stereocenters. The SMILES string of the molecule is CC(=O)O.N=C(N)c1ccc(Cl)cc1. The molecule has 0 aliphatic carbocycles. The Kier molecular flexibility index (Phi) is 5.33. The van der Waals surface area contributed by atoms with Crippen molar-refractivity contribution in [2.24, 2.45) is 5.73 Å². The molecule has 0 radical (unpaired) electrons. The first-order valence-electron chi connectivity index (χ1n) is 3.73. The standard InChI is InChI=1S/C7H7ClN2.C2H4O2/c8-6-3-1-5(2-4-6)7(9)10;1-2(3)4/h1-4H,(H3,9,10);1H3,(H,3,4). The first-order chi connectivity index (χ1) is 6.43. The van der Waals surface area contributed by atoms with Gasteiger partial charge in [-0.3, -0.25) is 10.2 Å². The summed E-state index contributed by atoms with van der Waals surface area (Å²) in [5.41, 5.74) is 5.90. The molecule has 1 aromatic carbocycles. The average molecular weight is 215 g/mol. The van der Waals surface area contributed by atoms with Crippen LogP contribution in [0.15, 0.2) is 24.3 Å². The summed E-state index contributed by atoms with van der Waals surface area (Å²) in [6.07, 6.45) is 0. The maximum absolute atomic E-state index is 9.00. The molecule has 1 aromatic rings. The molecule has 14 heavy (non-hydrogen) atoms. The van der Waals surface area contributed by atoms with Crippen LogP contribution in [0.3, 0.4) is 0 Å². The van der Waals surface area contributed by atoms with Gasteiger partial charge in [0.15, 0.2) is 0 Å². The zero-order valence-electron chi connectivity index (χ0n) is 7.62. The lowest BCUT2D eigenvalue weighted by Gasteiger charge is -1.95. The van der Waals surface area contributed by atoms with E-state index in [0.29, 0.717) is 10.6 Å². The zero-order chi connectivity index (χ0) is 11.1. The van der Waals surface area contributed by atoms with Crippen molar-refractivity contribution < 1.29 is 9.90 Å². The molecule has 0 saturated heterocycles. The highest BCUT2D eigenvalue weighted by Gasteiger charge is 1.93. The lowest BCUT2D eigenvalue weighted by Crippen LogP contribution is -2.10. The van der Waals surface area contributed by atoms with Gasteiger partial charge in [0.1, 0.15) is 5.84 Å². The Balaban J connectivity index is 0.000000364. The summed E-state index contributed by atoms with van der Waals surface area (Å²) < 4.78 is 0. The Bertz CT molecular complexity index is 318. The molecule has 5 heteroatoms. The second kappa shape index (κ2) is 5.99. The number of nitrogens with one attached hydrogen (secondary N) is 1. The van der Waals surface area contributed by atoms with Crippen molar-refractivity contribution in [2.45, 2.75) is 6.92 Å². The van der Waals surface area contributed by atoms with Crippen LogP contribution in [0.1, 0.15) is 12.5 Å². The van der Waals surface area contributed by atoms with Crippen molar-refractivity contribution >= 4 is 23.4 Å². The van der Waals surface area contributed by atoms with Crippen LogP contribution in [-0.2, 0) is 4.79 Å². The average Bonchev–Trinajstić information content (AvgIpc) is 2.03. The predicted molar refractivity (Wildman–Crippen MR) is 55.8 cm³/mol. The number of halogens is 1. The number of rotatable bonds is 1. The van der Waals surface area contributed by atoms with Crippen molar-refractivity contribution in [2.75, 3.05) is 0 Å². The first-order valence-corrected chi connectivity index (χ1v) is 4.10. The number of carbonyl (C=O) groups is 1. The summed E-state index contributed by atoms with van der Waals surface area (Å²) in [7, 11) is 0. The quantitative estimate of drug-likeness (QED) is 0.491. The summed E-state index contributed by atoms with van der Waals surface area (Å²) in [5, 5.41) is 15.1. The Labute approximate surface area is 86.8 Å². The van der Waals surface area contributed by atoms with Crippen molar-refractivity contribution in [1.29, 1.82) is 5.41 Å². The second-order valence-electron chi connectivity index (χ2n) is 2.44. The van der Waals surface area contributed by atoms with Gasteiger partial charge in [-0.15, -0.1) is 0 Å². The number of carboxylic acids is 1. The number of amidine groups is 1. The number of aliphatic carboxylic acids is 1. The van der Waals surface area contributed by atoms with Gasteiger partial charge in [0.25, 0.3) is 5.97 Å². The molecule has 1 rings (SSSR count). The van der Waals surface area contributed by atoms with Gasteiger partial charge in [0, 0.05) is 17.5 Å². The van der Waals surface area contributed by atoms with E-state index >= 15 is 0 Å². The van der Waals surface area contributed by atoms with Gasteiger partial charge in [-0.05, 0) is 24.3 Å². The minimum Gasteiger partial charge on any atom is -0.481 e. The number of carboxylic acid groups (broad SMARTS) is 1. The van der Waals surface area contributed by atoms with E-state index in [-0.39, 0.29) is 5.84 Å². The van der Waals surface area contributed by atoms with E-state index in [4.69, 9.17) is 32.6 Å². The van der Waals surface area contributed by atoms with E-state index < -0.39 is 5.97 Å². The van der Waals surface area contributed by atoms with E-state index in [2.05, 4.69) is 0 Å². The zero-order valence-corrected chi connectivity index (χ0v) is 8.38. The van der Waals surface area contributed by atoms with E-state index in [1.807, 2.05) is 0 Å². The third kappa shape index (κ3) is 6.02. The monoisotopic (exact) mass is 214 g/mol.